The van der Waals surface area contributed by atoms with E-state index in [1.165, 1.54) is 19.2 Å². The van der Waals surface area contributed by atoms with Gasteiger partial charge in [-0.05, 0) is 54.8 Å². The van der Waals surface area contributed by atoms with Gasteiger partial charge in [0.2, 0.25) is 10.0 Å². The predicted molar refractivity (Wildman–Crippen MR) is 123 cm³/mol. The van der Waals surface area contributed by atoms with Crippen LogP contribution in [0.4, 0.5) is 5.69 Å². The number of carbonyl (C=O) groups is 1. The smallest absolute Gasteiger partial charge is 0.255 e. The van der Waals surface area contributed by atoms with E-state index in [1.807, 2.05) is 30.5 Å². The van der Waals surface area contributed by atoms with E-state index in [0.29, 0.717) is 22.7 Å². The highest BCUT2D eigenvalue weighted by atomic mass is 32.2. The average Bonchev–Trinajstić information content (AvgIpc) is 3.09. The van der Waals surface area contributed by atoms with Crippen LogP contribution in [0.3, 0.4) is 0 Å². The number of fused-ring (bicyclic) bond motifs is 1. The molecule has 0 radical (unpaired) electrons. The maximum Gasteiger partial charge on any atom is 0.255 e. The minimum Gasteiger partial charge on any atom is -0.383 e. The third-order valence-corrected chi connectivity index (χ3v) is 6.41. The summed E-state index contributed by atoms with van der Waals surface area (Å²) in [6.07, 6.45) is 2.05. The van der Waals surface area contributed by atoms with Gasteiger partial charge in [-0.2, -0.15) is 0 Å². The topological polar surface area (TPSA) is 89.4 Å². The molecule has 0 atom stereocenters. The summed E-state index contributed by atoms with van der Waals surface area (Å²) in [5.41, 5.74) is 2.77. The second kappa shape index (κ2) is 9.64. The SMILES string of the molecule is COCCNS(=O)(=O)c1ccc(C)c(C(=O)Nc2ccc3c(ccn3CC(C)C)c2)c1. The highest BCUT2D eigenvalue weighted by molar-refractivity contribution is 7.89. The molecule has 7 nitrogen and oxygen atoms in total. The molecule has 3 rings (SSSR count). The fraction of sp³-hybridized carbons (Fsp3) is 0.348. The van der Waals surface area contributed by atoms with Crippen molar-refractivity contribution in [2.24, 2.45) is 5.92 Å². The minimum absolute atomic E-state index is 0.0422. The Hall–Kier alpha value is -2.68. The van der Waals surface area contributed by atoms with Gasteiger partial charge in [0.05, 0.1) is 11.5 Å². The summed E-state index contributed by atoms with van der Waals surface area (Å²) >= 11 is 0. The summed E-state index contributed by atoms with van der Waals surface area (Å²) in [4.78, 5) is 13.0. The molecule has 2 aromatic carbocycles. The van der Waals surface area contributed by atoms with E-state index in [4.69, 9.17) is 4.74 Å². The molecular weight excluding hydrogens is 414 g/mol. The molecule has 0 unspecified atom stereocenters. The summed E-state index contributed by atoms with van der Waals surface area (Å²) < 4.78 is 34.5. The van der Waals surface area contributed by atoms with Crippen LogP contribution in [0.5, 0.6) is 0 Å². The van der Waals surface area contributed by atoms with E-state index in [-0.39, 0.29) is 24.0 Å². The number of aryl methyl sites for hydroxylation is 1. The van der Waals surface area contributed by atoms with Crippen molar-refractivity contribution >= 4 is 32.5 Å². The third-order valence-electron chi connectivity index (χ3n) is 4.95. The lowest BCUT2D eigenvalue weighted by atomic mass is 10.1. The second-order valence-corrected chi connectivity index (χ2v) is 9.72. The van der Waals surface area contributed by atoms with Crippen molar-refractivity contribution in [3.8, 4) is 0 Å². The fourth-order valence-electron chi connectivity index (χ4n) is 3.40. The lowest BCUT2D eigenvalue weighted by molar-refractivity contribution is 0.102. The van der Waals surface area contributed by atoms with Gasteiger partial charge in [0, 0.05) is 48.5 Å². The van der Waals surface area contributed by atoms with Crippen molar-refractivity contribution in [2.45, 2.75) is 32.2 Å². The molecule has 0 aliphatic rings. The zero-order valence-corrected chi connectivity index (χ0v) is 19.1. The largest absolute Gasteiger partial charge is 0.383 e. The van der Waals surface area contributed by atoms with Crippen LogP contribution in [0.2, 0.25) is 0 Å². The number of nitrogens with zero attached hydrogens (tertiary/aromatic N) is 1. The molecule has 1 amide bonds. The van der Waals surface area contributed by atoms with Gasteiger partial charge in [-0.1, -0.05) is 19.9 Å². The Morgan fingerprint density at radius 3 is 2.61 bits per heavy atom. The molecule has 0 fully saturated rings. The van der Waals surface area contributed by atoms with E-state index in [1.54, 1.807) is 13.0 Å². The zero-order valence-electron chi connectivity index (χ0n) is 18.3. The fourth-order valence-corrected chi connectivity index (χ4v) is 4.44. The van der Waals surface area contributed by atoms with Crippen molar-refractivity contribution in [1.82, 2.24) is 9.29 Å². The maximum absolute atomic E-state index is 12.9. The van der Waals surface area contributed by atoms with Crippen LogP contribution in [0.1, 0.15) is 29.8 Å². The summed E-state index contributed by atoms with van der Waals surface area (Å²) in [5.74, 6) is 0.179. The first-order valence-electron chi connectivity index (χ1n) is 10.2. The number of rotatable bonds is 9. The van der Waals surface area contributed by atoms with E-state index in [9.17, 15) is 13.2 Å². The van der Waals surface area contributed by atoms with Gasteiger partial charge in [-0.15, -0.1) is 0 Å². The predicted octanol–water partition coefficient (Wildman–Crippen LogP) is 3.78. The molecule has 31 heavy (non-hydrogen) atoms. The standard InChI is InChI=1S/C23H29N3O4S/c1-16(2)15-26-11-9-18-13-19(6-8-22(18)26)25-23(27)21-14-20(7-5-17(21)3)31(28,29)24-10-12-30-4/h5-9,11,13-14,16,24H,10,12,15H2,1-4H3,(H,25,27). The molecule has 1 aromatic heterocycles. The summed E-state index contributed by atoms with van der Waals surface area (Å²) in [6.45, 7) is 7.46. The number of carbonyl (C=O) groups excluding carboxylic acids is 1. The Morgan fingerprint density at radius 2 is 1.90 bits per heavy atom. The van der Waals surface area contributed by atoms with Crippen LogP contribution in [0.15, 0.2) is 53.6 Å². The molecule has 0 bridgehead atoms. The molecule has 166 valence electrons. The number of sulfonamides is 1. The average molecular weight is 444 g/mol. The Morgan fingerprint density at radius 1 is 1.13 bits per heavy atom. The van der Waals surface area contributed by atoms with Gasteiger partial charge < -0.3 is 14.6 Å². The first kappa shape index (κ1) is 23.0. The minimum atomic E-state index is -3.73. The van der Waals surface area contributed by atoms with Gasteiger partial charge >= 0.3 is 0 Å². The Bertz CT molecular complexity index is 1180. The molecule has 0 saturated carbocycles. The molecule has 0 aliphatic heterocycles. The number of ether oxygens (including phenoxy) is 1. The highest BCUT2D eigenvalue weighted by Gasteiger charge is 2.18. The Labute approximate surface area is 183 Å². The Kier molecular flexibility index (Phi) is 7.15. The second-order valence-electron chi connectivity index (χ2n) is 7.96. The first-order valence-corrected chi connectivity index (χ1v) is 11.7. The van der Waals surface area contributed by atoms with E-state index < -0.39 is 10.0 Å². The van der Waals surface area contributed by atoms with E-state index >= 15 is 0 Å². The number of benzene rings is 2. The maximum atomic E-state index is 12.9. The van der Waals surface area contributed by atoms with Crippen LogP contribution in [-0.4, -0.2) is 39.2 Å². The molecule has 2 N–H and O–H groups in total. The zero-order chi connectivity index (χ0) is 22.6. The normalized spacial score (nSPS) is 11.9. The van der Waals surface area contributed by atoms with Crippen LogP contribution in [-0.2, 0) is 21.3 Å². The van der Waals surface area contributed by atoms with Gasteiger partial charge in [0.25, 0.3) is 5.91 Å². The van der Waals surface area contributed by atoms with Crippen molar-refractivity contribution in [1.29, 1.82) is 0 Å². The van der Waals surface area contributed by atoms with Crippen molar-refractivity contribution in [3.63, 3.8) is 0 Å². The number of amides is 1. The van der Waals surface area contributed by atoms with Crippen molar-refractivity contribution < 1.29 is 17.9 Å². The lowest BCUT2D eigenvalue weighted by Crippen LogP contribution is -2.27. The van der Waals surface area contributed by atoms with Crippen LogP contribution >= 0.6 is 0 Å². The molecule has 0 spiro atoms. The van der Waals surface area contributed by atoms with Gasteiger partial charge in [0.15, 0.2) is 0 Å². The van der Waals surface area contributed by atoms with Gasteiger partial charge in [-0.25, -0.2) is 13.1 Å². The number of hydrogen-bond donors (Lipinski definition) is 2. The van der Waals surface area contributed by atoms with Crippen LogP contribution < -0.4 is 10.0 Å². The molecule has 3 aromatic rings. The van der Waals surface area contributed by atoms with E-state index in [2.05, 4.69) is 28.5 Å². The number of hydrogen-bond acceptors (Lipinski definition) is 4. The number of nitrogens with one attached hydrogen (secondary N) is 2. The van der Waals surface area contributed by atoms with Crippen molar-refractivity contribution in [3.05, 3.63) is 59.8 Å². The molecule has 8 heteroatoms. The summed E-state index contributed by atoms with van der Waals surface area (Å²) in [6, 6.07) is 12.3. The summed E-state index contributed by atoms with van der Waals surface area (Å²) in [5, 5.41) is 3.92. The molecular formula is C23H29N3O4S. The van der Waals surface area contributed by atoms with Gasteiger partial charge in [-0.3, -0.25) is 4.79 Å². The van der Waals surface area contributed by atoms with Crippen LogP contribution in [0, 0.1) is 12.8 Å². The monoisotopic (exact) mass is 443 g/mol. The number of aromatic nitrogens is 1. The highest BCUT2D eigenvalue weighted by Crippen LogP contribution is 2.23. The Balaban J connectivity index is 1.81. The van der Waals surface area contributed by atoms with Gasteiger partial charge in [0.1, 0.15) is 0 Å². The summed E-state index contributed by atoms with van der Waals surface area (Å²) in [7, 11) is -2.23. The van der Waals surface area contributed by atoms with Crippen molar-refractivity contribution in [2.75, 3.05) is 25.6 Å². The van der Waals surface area contributed by atoms with E-state index in [0.717, 1.165) is 17.4 Å². The lowest BCUT2D eigenvalue weighted by Gasteiger charge is -2.12. The molecule has 0 saturated heterocycles. The van der Waals surface area contributed by atoms with Crippen LogP contribution in [0.25, 0.3) is 10.9 Å². The molecule has 1 heterocycles. The first-order chi connectivity index (χ1) is 14.7. The number of methoxy groups -OCH3 is 1. The number of anilines is 1. The molecule has 0 aliphatic carbocycles. The quantitative estimate of drug-likeness (QED) is 0.493. The third kappa shape index (κ3) is 5.52.